The molecule has 0 unspecified atom stereocenters. The Kier molecular flexibility index (Phi) is 2.99. The lowest BCUT2D eigenvalue weighted by Gasteiger charge is -2.17. The summed E-state index contributed by atoms with van der Waals surface area (Å²) in [6, 6.07) is 1.24. The van der Waals surface area contributed by atoms with E-state index >= 15 is 0 Å². The van der Waals surface area contributed by atoms with E-state index in [1.165, 1.54) is 22.9 Å². The van der Waals surface area contributed by atoms with Crippen LogP contribution in [0.4, 0.5) is 0 Å². The van der Waals surface area contributed by atoms with Gasteiger partial charge in [-0.1, -0.05) is 13.0 Å². The monoisotopic (exact) mass is 238 g/mol. The first-order valence-electron chi connectivity index (χ1n) is 5.32. The molecule has 92 valence electrons. The predicted octanol–water partition coefficient (Wildman–Crippen LogP) is -0.383. The highest BCUT2D eigenvalue weighted by molar-refractivity contribution is 4.97. The maximum Gasteiger partial charge on any atom is 0.330 e. The minimum absolute atomic E-state index is 0.262. The van der Waals surface area contributed by atoms with Crippen LogP contribution in [-0.2, 0) is 4.74 Å². The van der Waals surface area contributed by atoms with Crippen LogP contribution >= 0.6 is 0 Å². The molecule has 2 rings (SSSR count). The normalized spacial score (nSPS) is 32.6. The van der Waals surface area contributed by atoms with Gasteiger partial charge in [0.1, 0.15) is 12.3 Å². The van der Waals surface area contributed by atoms with Crippen LogP contribution in [0.3, 0.4) is 0 Å². The van der Waals surface area contributed by atoms with Crippen molar-refractivity contribution in [1.29, 1.82) is 0 Å². The van der Waals surface area contributed by atoms with Crippen molar-refractivity contribution in [2.24, 2.45) is 5.92 Å². The standard InChI is InChI=1S/C11H14N2O4/c1-3-7-9(15)6(2)10(17-7)13-5-4-8(14)12-11(13)16/h3-7,9-10,15H,1H2,2H3,(H,12,14,16)/t6-,7+,9-,10+/m0/s1. The van der Waals surface area contributed by atoms with Gasteiger partial charge in [0.05, 0.1) is 6.10 Å². The fourth-order valence-corrected chi connectivity index (χ4v) is 1.97. The molecule has 6 heteroatoms. The third-order valence-electron chi connectivity index (χ3n) is 2.98. The molecule has 2 N–H and O–H groups in total. The Morgan fingerprint density at radius 3 is 2.82 bits per heavy atom. The number of nitrogens with one attached hydrogen (secondary N) is 1. The van der Waals surface area contributed by atoms with Gasteiger partial charge in [0, 0.05) is 18.2 Å². The molecule has 0 amide bonds. The van der Waals surface area contributed by atoms with Crippen molar-refractivity contribution >= 4 is 0 Å². The Balaban J connectivity index is 2.38. The van der Waals surface area contributed by atoms with E-state index in [9.17, 15) is 14.7 Å². The molecule has 2 heterocycles. The second kappa shape index (κ2) is 4.31. The second-order valence-corrected chi connectivity index (χ2v) is 4.09. The van der Waals surface area contributed by atoms with Gasteiger partial charge in [-0.3, -0.25) is 14.3 Å². The largest absolute Gasteiger partial charge is 0.390 e. The molecule has 0 bridgehead atoms. The molecule has 0 radical (unpaired) electrons. The third kappa shape index (κ3) is 1.96. The van der Waals surface area contributed by atoms with Gasteiger partial charge in [-0.05, 0) is 0 Å². The zero-order chi connectivity index (χ0) is 12.6. The van der Waals surface area contributed by atoms with E-state index in [2.05, 4.69) is 11.6 Å². The van der Waals surface area contributed by atoms with E-state index in [1.807, 2.05) is 0 Å². The number of hydrogen-bond donors (Lipinski definition) is 2. The fraction of sp³-hybridized carbons (Fsp3) is 0.455. The minimum atomic E-state index is -0.712. The van der Waals surface area contributed by atoms with Crippen molar-refractivity contribution in [2.45, 2.75) is 25.4 Å². The van der Waals surface area contributed by atoms with E-state index < -0.39 is 29.7 Å². The van der Waals surface area contributed by atoms with E-state index in [0.717, 1.165) is 0 Å². The number of aliphatic hydroxyl groups excluding tert-OH is 1. The van der Waals surface area contributed by atoms with E-state index in [0.29, 0.717) is 0 Å². The molecule has 0 spiro atoms. The SMILES string of the molecule is C=C[C@H]1O[C@@H](n2ccc(=O)[nH]c2=O)[C@@H](C)[C@@H]1O. The maximum atomic E-state index is 11.6. The summed E-state index contributed by atoms with van der Waals surface area (Å²) in [5.74, 6) is -0.262. The molecule has 1 aromatic heterocycles. The topological polar surface area (TPSA) is 84.3 Å². The van der Waals surface area contributed by atoms with Crippen molar-refractivity contribution in [1.82, 2.24) is 9.55 Å². The number of aromatic nitrogens is 2. The van der Waals surface area contributed by atoms with Gasteiger partial charge in [0.2, 0.25) is 0 Å². The molecule has 0 saturated carbocycles. The van der Waals surface area contributed by atoms with Gasteiger partial charge in [0.15, 0.2) is 0 Å². The Bertz CT molecular complexity index is 533. The molecule has 1 aliphatic heterocycles. The molecule has 6 nitrogen and oxygen atoms in total. The Hall–Kier alpha value is -1.66. The Morgan fingerprint density at radius 2 is 2.29 bits per heavy atom. The van der Waals surface area contributed by atoms with Gasteiger partial charge in [-0.15, -0.1) is 6.58 Å². The molecular formula is C11H14N2O4. The summed E-state index contributed by atoms with van der Waals surface area (Å²) in [4.78, 5) is 24.7. The first-order chi connectivity index (χ1) is 8.04. The van der Waals surface area contributed by atoms with Crippen LogP contribution in [0.5, 0.6) is 0 Å². The molecule has 17 heavy (non-hydrogen) atoms. The summed E-state index contributed by atoms with van der Waals surface area (Å²) in [6.07, 6.45) is 1.04. The number of ether oxygens (including phenoxy) is 1. The Morgan fingerprint density at radius 1 is 1.59 bits per heavy atom. The molecule has 4 atom stereocenters. The van der Waals surface area contributed by atoms with Crippen LogP contribution in [-0.4, -0.2) is 26.9 Å². The molecule has 1 aliphatic rings. The smallest absolute Gasteiger partial charge is 0.330 e. The van der Waals surface area contributed by atoms with Crippen LogP contribution in [0.25, 0.3) is 0 Å². The lowest BCUT2D eigenvalue weighted by atomic mass is 10.0. The molecule has 0 aromatic carbocycles. The van der Waals surface area contributed by atoms with Gasteiger partial charge in [-0.2, -0.15) is 0 Å². The van der Waals surface area contributed by atoms with Gasteiger partial charge >= 0.3 is 5.69 Å². The average molecular weight is 238 g/mol. The predicted molar refractivity (Wildman–Crippen MR) is 60.6 cm³/mol. The lowest BCUT2D eigenvalue weighted by Crippen LogP contribution is -2.33. The second-order valence-electron chi connectivity index (χ2n) is 4.09. The van der Waals surface area contributed by atoms with E-state index in [-0.39, 0.29) is 5.92 Å². The van der Waals surface area contributed by atoms with E-state index in [4.69, 9.17) is 4.74 Å². The first-order valence-corrected chi connectivity index (χ1v) is 5.32. The van der Waals surface area contributed by atoms with Gasteiger partial charge in [-0.25, -0.2) is 4.79 Å². The van der Waals surface area contributed by atoms with Crippen LogP contribution in [0, 0.1) is 5.92 Å². The van der Waals surface area contributed by atoms with Gasteiger partial charge in [0.25, 0.3) is 5.56 Å². The summed E-state index contributed by atoms with van der Waals surface area (Å²) < 4.78 is 6.78. The summed E-state index contributed by atoms with van der Waals surface area (Å²) in [6.45, 7) is 5.34. The van der Waals surface area contributed by atoms with Crippen molar-refractivity contribution < 1.29 is 9.84 Å². The highest BCUT2D eigenvalue weighted by Crippen LogP contribution is 2.33. The highest BCUT2D eigenvalue weighted by Gasteiger charge is 2.40. The van der Waals surface area contributed by atoms with Crippen LogP contribution in [0.1, 0.15) is 13.2 Å². The average Bonchev–Trinajstić information content (AvgIpc) is 2.57. The zero-order valence-corrected chi connectivity index (χ0v) is 9.37. The van der Waals surface area contributed by atoms with Crippen molar-refractivity contribution in [3.8, 4) is 0 Å². The third-order valence-corrected chi connectivity index (χ3v) is 2.98. The van der Waals surface area contributed by atoms with Crippen molar-refractivity contribution in [2.75, 3.05) is 0 Å². The van der Waals surface area contributed by atoms with E-state index in [1.54, 1.807) is 6.92 Å². The summed E-state index contributed by atoms with van der Waals surface area (Å²) >= 11 is 0. The van der Waals surface area contributed by atoms with Gasteiger partial charge < -0.3 is 9.84 Å². The van der Waals surface area contributed by atoms with Crippen LogP contribution < -0.4 is 11.2 Å². The van der Waals surface area contributed by atoms with Crippen LogP contribution in [0.2, 0.25) is 0 Å². The quantitative estimate of drug-likeness (QED) is 0.688. The zero-order valence-electron chi connectivity index (χ0n) is 9.37. The fourth-order valence-electron chi connectivity index (χ4n) is 1.97. The van der Waals surface area contributed by atoms with Crippen LogP contribution in [0.15, 0.2) is 34.5 Å². The molecule has 1 saturated heterocycles. The molecule has 1 aromatic rings. The molecule has 1 fully saturated rings. The van der Waals surface area contributed by atoms with Crippen molar-refractivity contribution in [3.63, 3.8) is 0 Å². The minimum Gasteiger partial charge on any atom is -0.390 e. The first kappa shape index (κ1) is 11.8. The number of aromatic amines is 1. The number of H-pyrrole nitrogens is 1. The number of hydrogen-bond acceptors (Lipinski definition) is 4. The lowest BCUT2D eigenvalue weighted by molar-refractivity contribution is -0.000694. The summed E-state index contributed by atoms with van der Waals surface area (Å²) in [5, 5.41) is 9.85. The summed E-state index contributed by atoms with van der Waals surface area (Å²) in [7, 11) is 0. The number of nitrogens with zero attached hydrogens (tertiary/aromatic N) is 1. The molecule has 0 aliphatic carbocycles. The Labute approximate surface area is 97.2 Å². The number of rotatable bonds is 2. The number of aliphatic hydroxyl groups is 1. The molecular weight excluding hydrogens is 224 g/mol. The highest BCUT2D eigenvalue weighted by atomic mass is 16.5. The van der Waals surface area contributed by atoms with Crippen molar-refractivity contribution in [3.05, 3.63) is 45.8 Å². The summed E-state index contributed by atoms with van der Waals surface area (Å²) in [5.41, 5.74) is -1.01. The maximum absolute atomic E-state index is 11.6.